The van der Waals surface area contributed by atoms with Crippen molar-refractivity contribution in [3.8, 4) is 34.8 Å². The molecule has 2 aromatic carbocycles. The quantitative estimate of drug-likeness (QED) is 0.549. The summed E-state index contributed by atoms with van der Waals surface area (Å²) in [5, 5.41) is 19.8. The molecule has 0 aliphatic carbocycles. The van der Waals surface area contributed by atoms with E-state index in [1.165, 1.54) is 20.1 Å². The zero-order chi connectivity index (χ0) is 21.4. The number of nitriles is 2. The van der Waals surface area contributed by atoms with Crippen LogP contribution in [-0.2, 0) is 0 Å². The lowest BCUT2D eigenvalue weighted by Crippen LogP contribution is -2.07. The van der Waals surface area contributed by atoms with Crippen LogP contribution in [-0.4, -0.2) is 22.9 Å². The van der Waals surface area contributed by atoms with Gasteiger partial charge in [-0.15, -0.1) is 0 Å². The maximum absolute atomic E-state index is 13.3. The topological polar surface area (TPSA) is 109 Å². The molecule has 4 aromatic rings. The molecule has 0 aliphatic rings. The number of nitrogens with zero attached hydrogens (tertiary/aromatic N) is 4. The molecule has 1 unspecified atom stereocenters. The maximum atomic E-state index is 13.3. The van der Waals surface area contributed by atoms with E-state index < -0.39 is 6.36 Å². The molecule has 0 aliphatic heterocycles. The highest BCUT2D eigenvalue weighted by atomic mass is 19.1. The van der Waals surface area contributed by atoms with Gasteiger partial charge in [0.25, 0.3) is 0 Å². The van der Waals surface area contributed by atoms with Crippen LogP contribution in [0.25, 0.3) is 27.8 Å². The van der Waals surface area contributed by atoms with Crippen molar-refractivity contribution in [2.45, 2.75) is 13.3 Å². The summed E-state index contributed by atoms with van der Waals surface area (Å²) in [7, 11) is 1.42. The van der Waals surface area contributed by atoms with Gasteiger partial charge in [-0.2, -0.15) is 10.5 Å². The number of halogens is 1. The van der Waals surface area contributed by atoms with Gasteiger partial charge in [-0.25, -0.2) is 9.37 Å². The smallest absolute Gasteiger partial charge is 0.236 e. The Bertz CT molecular complexity index is 1380. The second-order valence-corrected chi connectivity index (χ2v) is 6.52. The molecule has 0 radical (unpaired) electrons. The molecule has 4 rings (SSSR count). The van der Waals surface area contributed by atoms with Crippen LogP contribution in [0.15, 0.2) is 42.5 Å². The molecule has 0 amide bonds. The molecule has 2 N–H and O–H groups in total. The largest absolute Gasteiger partial charge is 0.493 e. The predicted octanol–water partition coefficient (Wildman–Crippen LogP) is 4.18. The fraction of sp³-hybridized carbons (Fsp3) is 0.136. The second kappa shape index (κ2) is 7.26. The number of ether oxygens (including phenoxy) is 2. The SMILES string of the molecule is COc1cc(-c2c(C#N)c(N)n3c(nc4ccccc43)c2C#N)ccc1OC(C)F. The number of rotatable bonds is 4. The average molecular weight is 401 g/mol. The van der Waals surface area contributed by atoms with Crippen LogP contribution in [0.4, 0.5) is 10.2 Å². The Morgan fingerprint density at radius 3 is 2.50 bits per heavy atom. The Balaban J connectivity index is 2.08. The Labute approximate surface area is 171 Å². The number of imidazole rings is 1. The normalized spacial score (nSPS) is 11.8. The minimum Gasteiger partial charge on any atom is -0.493 e. The Morgan fingerprint density at radius 2 is 1.83 bits per heavy atom. The van der Waals surface area contributed by atoms with Crippen LogP contribution in [0.5, 0.6) is 11.5 Å². The highest BCUT2D eigenvalue weighted by Crippen LogP contribution is 2.39. The van der Waals surface area contributed by atoms with Crippen LogP contribution in [0.3, 0.4) is 0 Å². The first-order valence-electron chi connectivity index (χ1n) is 9.02. The average Bonchev–Trinajstić information content (AvgIpc) is 3.13. The van der Waals surface area contributed by atoms with Crippen molar-refractivity contribution in [2.24, 2.45) is 0 Å². The number of anilines is 1. The van der Waals surface area contributed by atoms with Crippen LogP contribution in [0.2, 0.25) is 0 Å². The van der Waals surface area contributed by atoms with E-state index in [4.69, 9.17) is 15.2 Å². The van der Waals surface area contributed by atoms with E-state index >= 15 is 0 Å². The molecule has 30 heavy (non-hydrogen) atoms. The number of hydrogen-bond acceptors (Lipinski definition) is 6. The molecule has 2 heterocycles. The summed E-state index contributed by atoms with van der Waals surface area (Å²) in [5.41, 5.74) is 9.22. The molecular formula is C22H16FN5O2. The number of aromatic nitrogens is 2. The first kappa shape index (κ1) is 19.0. The Hall–Kier alpha value is -4.30. The molecule has 0 saturated heterocycles. The van der Waals surface area contributed by atoms with Crippen molar-refractivity contribution in [1.82, 2.24) is 9.38 Å². The number of hydrogen-bond donors (Lipinski definition) is 1. The fourth-order valence-corrected chi connectivity index (χ4v) is 3.52. The number of para-hydroxylation sites is 2. The first-order chi connectivity index (χ1) is 14.5. The lowest BCUT2D eigenvalue weighted by molar-refractivity contribution is 0.0826. The van der Waals surface area contributed by atoms with Crippen molar-refractivity contribution in [3.05, 3.63) is 53.6 Å². The Morgan fingerprint density at radius 1 is 1.10 bits per heavy atom. The van der Waals surface area contributed by atoms with Crippen LogP contribution < -0.4 is 15.2 Å². The highest BCUT2D eigenvalue weighted by Gasteiger charge is 2.23. The van der Waals surface area contributed by atoms with E-state index in [2.05, 4.69) is 17.1 Å². The number of methoxy groups -OCH3 is 1. The third-order valence-electron chi connectivity index (χ3n) is 4.75. The molecule has 0 saturated carbocycles. The summed E-state index contributed by atoms with van der Waals surface area (Å²) in [5.74, 6) is 0.637. The summed E-state index contributed by atoms with van der Waals surface area (Å²) in [6, 6.07) is 16.3. The number of pyridine rings is 1. The first-order valence-corrected chi connectivity index (χ1v) is 9.02. The van der Waals surface area contributed by atoms with Gasteiger partial charge in [0.2, 0.25) is 6.36 Å². The monoisotopic (exact) mass is 401 g/mol. The van der Waals surface area contributed by atoms with Crippen LogP contribution in [0.1, 0.15) is 18.1 Å². The van der Waals surface area contributed by atoms with Gasteiger partial charge in [0.15, 0.2) is 17.1 Å². The van der Waals surface area contributed by atoms with Gasteiger partial charge in [-0.1, -0.05) is 18.2 Å². The van der Waals surface area contributed by atoms with Crippen molar-refractivity contribution in [3.63, 3.8) is 0 Å². The van der Waals surface area contributed by atoms with Gasteiger partial charge in [0.1, 0.15) is 29.1 Å². The standard InChI is InChI=1S/C22H16FN5O2/c1-12(23)30-18-8-7-13(9-19(18)29-2)20-14(10-24)21(26)28-17-6-4-3-5-16(17)27-22(28)15(20)11-25/h3-9,12H,26H2,1-2H3. The molecular weight excluding hydrogens is 385 g/mol. The summed E-state index contributed by atoms with van der Waals surface area (Å²) in [4.78, 5) is 4.55. The van der Waals surface area contributed by atoms with E-state index in [1.807, 2.05) is 24.3 Å². The van der Waals surface area contributed by atoms with E-state index in [-0.39, 0.29) is 28.4 Å². The zero-order valence-corrected chi connectivity index (χ0v) is 16.2. The summed E-state index contributed by atoms with van der Waals surface area (Å²) >= 11 is 0. The molecule has 0 bridgehead atoms. The van der Waals surface area contributed by atoms with Crippen molar-refractivity contribution < 1.29 is 13.9 Å². The minimum atomic E-state index is -1.53. The van der Waals surface area contributed by atoms with E-state index in [9.17, 15) is 14.9 Å². The molecule has 148 valence electrons. The molecule has 2 aromatic heterocycles. The van der Waals surface area contributed by atoms with E-state index in [0.29, 0.717) is 27.8 Å². The predicted molar refractivity (Wildman–Crippen MR) is 110 cm³/mol. The van der Waals surface area contributed by atoms with Crippen molar-refractivity contribution >= 4 is 22.5 Å². The maximum Gasteiger partial charge on any atom is 0.236 e. The number of alkyl halides is 1. The third-order valence-corrected chi connectivity index (χ3v) is 4.75. The molecule has 0 spiro atoms. The van der Waals surface area contributed by atoms with Gasteiger partial charge in [-0.3, -0.25) is 4.40 Å². The summed E-state index contributed by atoms with van der Waals surface area (Å²) < 4.78 is 25.3. The van der Waals surface area contributed by atoms with Gasteiger partial charge in [0, 0.05) is 12.5 Å². The number of nitrogens with two attached hydrogens (primary N) is 1. The fourth-order valence-electron chi connectivity index (χ4n) is 3.52. The molecule has 1 atom stereocenters. The van der Waals surface area contributed by atoms with Gasteiger partial charge < -0.3 is 15.2 Å². The molecule has 8 heteroatoms. The highest BCUT2D eigenvalue weighted by molar-refractivity contribution is 5.93. The number of fused-ring (bicyclic) bond motifs is 3. The second-order valence-electron chi connectivity index (χ2n) is 6.52. The van der Waals surface area contributed by atoms with Crippen molar-refractivity contribution in [1.29, 1.82) is 10.5 Å². The van der Waals surface area contributed by atoms with E-state index in [0.717, 1.165) is 0 Å². The van der Waals surface area contributed by atoms with Crippen molar-refractivity contribution in [2.75, 3.05) is 12.8 Å². The molecule has 0 fully saturated rings. The minimum absolute atomic E-state index is 0.136. The van der Waals surface area contributed by atoms with E-state index in [1.54, 1.807) is 16.5 Å². The van der Waals surface area contributed by atoms with Gasteiger partial charge in [0.05, 0.1) is 18.1 Å². The summed E-state index contributed by atoms with van der Waals surface area (Å²) in [6.07, 6.45) is -1.53. The van der Waals surface area contributed by atoms with Crippen LogP contribution >= 0.6 is 0 Å². The third kappa shape index (κ3) is 2.83. The summed E-state index contributed by atoms with van der Waals surface area (Å²) in [6.45, 7) is 1.26. The Kier molecular flexibility index (Phi) is 4.61. The number of benzene rings is 2. The van der Waals surface area contributed by atoms with Gasteiger partial charge in [-0.05, 0) is 29.8 Å². The lowest BCUT2D eigenvalue weighted by atomic mass is 9.96. The lowest BCUT2D eigenvalue weighted by Gasteiger charge is -2.15. The number of nitrogen functional groups attached to an aromatic ring is 1. The zero-order valence-electron chi connectivity index (χ0n) is 16.2. The van der Waals surface area contributed by atoms with Crippen LogP contribution in [0, 0.1) is 22.7 Å². The van der Waals surface area contributed by atoms with Gasteiger partial charge >= 0.3 is 0 Å². The molecule has 7 nitrogen and oxygen atoms in total.